The van der Waals surface area contributed by atoms with Crippen molar-refractivity contribution < 1.29 is 9.53 Å². The third kappa shape index (κ3) is 4.39. The highest BCUT2D eigenvalue weighted by molar-refractivity contribution is 5.76. The standard InChI is InChI=1S/C16H18N2O2/c1-20-15-6-2-4-14(10-15)12-18-16(19)8-7-13-5-3-9-17-11-13/h2-6,9-11H,7-8,12H2,1H3,(H,18,19). The van der Waals surface area contributed by atoms with Crippen molar-refractivity contribution in [2.75, 3.05) is 7.11 Å². The number of hydrogen-bond acceptors (Lipinski definition) is 3. The number of hydrogen-bond donors (Lipinski definition) is 1. The van der Waals surface area contributed by atoms with Gasteiger partial charge in [0, 0.05) is 25.4 Å². The average Bonchev–Trinajstić information content (AvgIpc) is 2.52. The van der Waals surface area contributed by atoms with Crippen LogP contribution in [0.1, 0.15) is 17.5 Å². The van der Waals surface area contributed by atoms with Gasteiger partial charge in [0.1, 0.15) is 5.75 Å². The van der Waals surface area contributed by atoms with Gasteiger partial charge in [0.25, 0.3) is 0 Å². The highest BCUT2D eigenvalue weighted by Gasteiger charge is 2.03. The molecule has 1 amide bonds. The maximum absolute atomic E-state index is 11.8. The number of pyridine rings is 1. The average molecular weight is 270 g/mol. The maximum atomic E-state index is 11.8. The Balaban J connectivity index is 1.77. The number of carbonyl (C=O) groups excluding carboxylic acids is 1. The largest absolute Gasteiger partial charge is 0.497 e. The van der Waals surface area contributed by atoms with Crippen molar-refractivity contribution in [3.63, 3.8) is 0 Å². The quantitative estimate of drug-likeness (QED) is 0.876. The van der Waals surface area contributed by atoms with E-state index >= 15 is 0 Å². The molecule has 0 radical (unpaired) electrons. The molecule has 0 aliphatic heterocycles. The zero-order chi connectivity index (χ0) is 14.2. The predicted molar refractivity (Wildman–Crippen MR) is 77.4 cm³/mol. The van der Waals surface area contributed by atoms with E-state index in [0.29, 0.717) is 19.4 Å². The highest BCUT2D eigenvalue weighted by atomic mass is 16.5. The summed E-state index contributed by atoms with van der Waals surface area (Å²) in [5.41, 5.74) is 2.10. The molecule has 4 nitrogen and oxygen atoms in total. The molecular weight excluding hydrogens is 252 g/mol. The van der Waals surface area contributed by atoms with Crippen molar-refractivity contribution in [1.82, 2.24) is 10.3 Å². The molecule has 0 unspecified atom stereocenters. The number of aromatic nitrogens is 1. The van der Waals surface area contributed by atoms with Crippen molar-refractivity contribution in [3.05, 3.63) is 59.9 Å². The molecule has 0 atom stereocenters. The molecule has 4 heteroatoms. The molecule has 1 heterocycles. The van der Waals surface area contributed by atoms with E-state index in [2.05, 4.69) is 10.3 Å². The molecule has 0 spiro atoms. The summed E-state index contributed by atoms with van der Waals surface area (Å²) in [6.07, 6.45) is 4.69. The number of methoxy groups -OCH3 is 1. The Morgan fingerprint density at radius 3 is 2.85 bits per heavy atom. The van der Waals surface area contributed by atoms with Crippen LogP contribution in [0.2, 0.25) is 0 Å². The number of aryl methyl sites for hydroxylation is 1. The Hall–Kier alpha value is -2.36. The van der Waals surface area contributed by atoms with Gasteiger partial charge in [-0.2, -0.15) is 0 Å². The SMILES string of the molecule is COc1cccc(CNC(=O)CCc2cccnc2)c1. The maximum Gasteiger partial charge on any atom is 0.220 e. The lowest BCUT2D eigenvalue weighted by Crippen LogP contribution is -2.23. The molecule has 0 aliphatic carbocycles. The molecule has 1 aromatic heterocycles. The topological polar surface area (TPSA) is 51.2 Å². The zero-order valence-corrected chi connectivity index (χ0v) is 11.5. The van der Waals surface area contributed by atoms with E-state index in [0.717, 1.165) is 16.9 Å². The van der Waals surface area contributed by atoms with Gasteiger partial charge in [0.2, 0.25) is 5.91 Å². The predicted octanol–water partition coefficient (Wildman–Crippen LogP) is 2.34. The lowest BCUT2D eigenvalue weighted by atomic mass is 10.1. The van der Waals surface area contributed by atoms with Crippen LogP contribution in [0.3, 0.4) is 0 Å². The third-order valence-electron chi connectivity index (χ3n) is 2.99. The van der Waals surface area contributed by atoms with Crippen molar-refractivity contribution in [2.45, 2.75) is 19.4 Å². The molecule has 0 bridgehead atoms. The highest BCUT2D eigenvalue weighted by Crippen LogP contribution is 2.12. The number of ether oxygens (including phenoxy) is 1. The van der Waals surface area contributed by atoms with Crippen LogP contribution in [0.4, 0.5) is 0 Å². The van der Waals surface area contributed by atoms with Gasteiger partial charge in [-0.15, -0.1) is 0 Å². The number of nitrogens with one attached hydrogen (secondary N) is 1. The lowest BCUT2D eigenvalue weighted by molar-refractivity contribution is -0.121. The number of amides is 1. The molecule has 0 aliphatic rings. The monoisotopic (exact) mass is 270 g/mol. The third-order valence-corrected chi connectivity index (χ3v) is 2.99. The van der Waals surface area contributed by atoms with Crippen LogP contribution in [0.5, 0.6) is 5.75 Å². The van der Waals surface area contributed by atoms with E-state index in [4.69, 9.17) is 4.74 Å². The summed E-state index contributed by atoms with van der Waals surface area (Å²) < 4.78 is 5.15. The Morgan fingerprint density at radius 1 is 1.25 bits per heavy atom. The number of carbonyl (C=O) groups is 1. The molecule has 0 saturated carbocycles. The molecule has 20 heavy (non-hydrogen) atoms. The van der Waals surface area contributed by atoms with Crippen LogP contribution in [-0.4, -0.2) is 18.0 Å². The minimum Gasteiger partial charge on any atom is -0.497 e. The number of benzene rings is 1. The first-order valence-corrected chi connectivity index (χ1v) is 6.56. The normalized spacial score (nSPS) is 10.1. The van der Waals surface area contributed by atoms with Crippen LogP contribution in [-0.2, 0) is 17.8 Å². The summed E-state index contributed by atoms with van der Waals surface area (Å²) in [6.45, 7) is 0.517. The van der Waals surface area contributed by atoms with Crippen molar-refractivity contribution >= 4 is 5.91 Å². The van der Waals surface area contributed by atoms with Gasteiger partial charge < -0.3 is 10.1 Å². The molecule has 2 rings (SSSR count). The minimum absolute atomic E-state index is 0.0386. The van der Waals surface area contributed by atoms with E-state index in [-0.39, 0.29) is 5.91 Å². The van der Waals surface area contributed by atoms with Gasteiger partial charge in [-0.25, -0.2) is 0 Å². The summed E-state index contributed by atoms with van der Waals surface area (Å²) in [4.78, 5) is 15.8. The van der Waals surface area contributed by atoms with Crippen LogP contribution in [0.25, 0.3) is 0 Å². The second kappa shape index (κ2) is 7.28. The Labute approximate surface area is 118 Å². The van der Waals surface area contributed by atoms with Crippen molar-refractivity contribution in [1.29, 1.82) is 0 Å². The summed E-state index contributed by atoms with van der Waals surface area (Å²) in [6, 6.07) is 11.5. The first-order valence-electron chi connectivity index (χ1n) is 6.56. The van der Waals surface area contributed by atoms with E-state index in [1.165, 1.54) is 0 Å². The van der Waals surface area contributed by atoms with Gasteiger partial charge in [0.05, 0.1) is 7.11 Å². The number of rotatable bonds is 6. The van der Waals surface area contributed by atoms with E-state index in [1.807, 2.05) is 36.4 Å². The fourth-order valence-electron chi connectivity index (χ4n) is 1.88. The second-order valence-corrected chi connectivity index (χ2v) is 4.49. The minimum atomic E-state index is 0.0386. The molecule has 2 aromatic rings. The second-order valence-electron chi connectivity index (χ2n) is 4.49. The van der Waals surface area contributed by atoms with Crippen LogP contribution in [0, 0.1) is 0 Å². The summed E-state index contributed by atoms with van der Waals surface area (Å²) in [5.74, 6) is 0.837. The fraction of sp³-hybridized carbons (Fsp3) is 0.250. The molecule has 104 valence electrons. The molecule has 0 fully saturated rings. The van der Waals surface area contributed by atoms with Gasteiger partial charge in [-0.1, -0.05) is 18.2 Å². The molecule has 1 N–H and O–H groups in total. The van der Waals surface area contributed by atoms with Gasteiger partial charge in [0.15, 0.2) is 0 Å². The molecule has 0 saturated heterocycles. The summed E-state index contributed by atoms with van der Waals surface area (Å²) in [5, 5.41) is 2.91. The van der Waals surface area contributed by atoms with Crippen LogP contribution < -0.4 is 10.1 Å². The molecule has 1 aromatic carbocycles. The van der Waals surface area contributed by atoms with Gasteiger partial charge in [-0.05, 0) is 35.7 Å². The first-order chi connectivity index (χ1) is 9.78. The summed E-state index contributed by atoms with van der Waals surface area (Å²) >= 11 is 0. The molecular formula is C16H18N2O2. The fourth-order valence-corrected chi connectivity index (χ4v) is 1.88. The van der Waals surface area contributed by atoms with E-state index in [1.54, 1.807) is 19.5 Å². The van der Waals surface area contributed by atoms with Crippen LogP contribution in [0.15, 0.2) is 48.8 Å². The van der Waals surface area contributed by atoms with E-state index < -0.39 is 0 Å². The first kappa shape index (κ1) is 14.1. The smallest absolute Gasteiger partial charge is 0.220 e. The van der Waals surface area contributed by atoms with Gasteiger partial charge in [-0.3, -0.25) is 9.78 Å². The zero-order valence-electron chi connectivity index (χ0n) is 11.5. The Bertz CT molecular complexity index is 555. The Kier molecular flexibility index (Phi) is 5.12. The van der Waals surface area contributed by atoms with Crippen LogP contribution >= 0.6 is 0 Å². The lowest BCUT2D eigenvalue weighted by Gasteiger charge is -2.07. The van der Waals surface area contributed by atoms with Crippen molar-refractivity contribution in [2.24, 2.45) is 0 Å². The van der Waals surface area contributed by atoms with Crippen molar-refractivity contribution in [3.8, 4) is 5.75 Å². The number of nitrogens with zero attached hydrogens (tertiary/aromatic N) is 1. The Morgan fingerprint density at radius 2 is 2.10 bits per heavy atom. The van der Waals surface area contributed by atoms with E-state index in [9.17, 15) is 4.79 Å². The van der Waals surface area contributed by atoms with Gasteiger partial charge >= 0.3 is 0 Å². The summed E-state index contributed by atoms with van der Waals surface area (Å²) in [7, 11) is 1.63.